The predicted molar refractivity (Wildman–Crippen MR) is 124 cm³/mol. The highest BCUT2D eigenvalue weighted by molar-refractivity contribution is 6.18. The molecule has 0 fully saturated rings. The smallest absolute Gasteiger partial charge is 0.264 e. The standard InChI is InChI=1S/C25H22N4O5/c1-33-19-10-9-17-21(22(19)34-2)25(32)29-18-8-4-3-7-16(18)24(31)28(23(17)29)13-11-20(30)27-15-6-5-12-26-14-15/h3-10,12,14,23H,11,13H2,1-2H3,(H,27,30)/t23-/m0/s1. The molecule has 3 amide bonds. The molecule has 0 radical (unpaired) electrons. The minimum Gasteiger partial charge on any atom is -0.493 e. The van der Waals surface area contributed by atoms with Crippen molar-refractivity contribution in [3.63, 3.8) is 0 Å². The number of pyridine rings is 1. The number of para-hydroxylation sites is 1. The first-order valence-corrected chi connectivity index (χ1v) is 10.7. The molecule has 1 aromatic heterocycles. The number of nitrogens with one attached hydrogen (secondary N) is 1. The minimum atomic E-state index is -0.698. The number of aromatic nitrogens is 1. The van der Waals surface area contributed by atoms with Gasteiger partial charge in [0.2, 0.25) is 5.91 Å². The molecule has 1 atom stereocenters. The molecule has 2 aliphatic heterocycles. The first-order chi connectivity index (χ1) is 16.5. The number of methoxy groups -OCH3 is 2. The monoisotopic (exact) mass is 458 g/mol. The molecule has 0 unspecified atom stereocenters. The van der Waals surface area contributed by atoms with Crippen molar-refractivity contribution >= 4 is 29.1 Å². The minimum absolute atomic E-state index is 0.0456. The SMILES string of the molecule is COc1ccc2c(c1OC)C(=O)N1c3ccccc3C(=O)N(CCC(=O)Nc3cccnc3)[C@H]21. The predicted octanol–water partition coefficient (Wildman–Crippen LogP) is 3.24. The van der Waals surface area contributed by atoms with E-state index in [1.807, 2.05) is 0 Å². The fourth-order valence-corrected chi connectivity index (χ4v) is 4.53. The molecule has 9 heteroatoms. The summed E-state index contributed by atoms with van der Waals surface area (Å²) in [6, 6.07) is 13.9. The third-order valence-electron chi connectivity index (χ3n) is 6.01. The number of rotatable bonds is 6. The molecule has 172 valence electrons. The summed E-state index contributed by atoms with van der Waals surface area (Å²) in [4.78, 5) is 46.9. The Balaban J connectivity index is 1.53. The van der Waals surface area contributed by atoms with E-state index in [0.717, 1.165) is 0 Å². The third-order valence-corrected chi connectivity index (χ3v) is 6.01. The third kappa shape index (κ3) is 3.33. The molecule has 0 aliphatic carbocycles. The number of carbonyl (C=O) groups is 3. The van der Waals surface area contributed by atoms with Crippen LogP contribution in [0, 0.1) is 0 Å². The topological polar surface area (TPSA) is 101 Å². The van der Waals surface area contributed by atoms with Gasteiger partial charge in [-0.1, -0.05) is 18.2 Å². The van der Waals surface area contributed by atoms with Crippen LogP contribution >= 0.6 is 0 Å². The molecule has 1 N–H and O–H groups in total. The van der Waals surface area contributed by atoms with Crippen molar-refractivity contribution in [1.29, 1.82) is 0 Å². The number of anilines is 2. The van der Waals surface area contributed by atoms with Gasteiger partial charge in [0.1, 0.15) is 6.17 Å². The summed E-state index contributed by atoms with van der Waals surface area (Å²) < 4.78 is 10.9. The zero-order valence-electron chi connectivity index (χ0n) is 18.6. The summed E-state index contributed by atoms with van der Waals surface area (Å²) in [5.74, 6) is -0.0555. The molecule has 0 bridgehead atoms. The van der Waals surface area contributed by atoms with Gasteiger partial charge in [-0.25, -0.2) is 0 Å². The molecular weight excluding hydrogens is 436 g/mol. The summed E-state index contributed by atoms with van der Waals surface area (Å²) in [5.41, 5.74) is 2.47. The molecule has 2 aromatic carbocycles. The molecule has 9 nitrogen and oxygen atoms in total. The zero-order chi connectivity index (χ0) is 23.8. The highest BCUT2D eigenvalue weighted by Gasteiger charge is 2.49. The highest BCUT2D eigenvalue weighted by atomic mass is 16.5. The van der Waals surface area contributed by atoms with E-state index in [0.29, 0.717) is 39.6 Å². The van der Waals surface area contributed by atoms with Gasteiger partial charge in [-0.05, 0) is 30.3 Å². The van der Waals surface area contributed by atoms with Gasteiger partial charge < -0.3 is 19.7 Å². The second-order valence-electron chi connectivity index (χ2n) is 7.87. The van der Waals surface area contributed by atoms with Gasteiger partial charge in [-0.3, -0.25) is 24.3 Å². The fourth-order valence-electron chi connectivity index (χ4n) is 4.53. The van der Waals surface area contributed by atoms with Crippen LogP contribution in [0.2, 0.25) is 0 Å². The van der Waals surface area contributed by atoms with Gasteiger partial charge in [-0.15, -0.1) is 0 Å². The molecule has 0 spiro atoms. The van der Waals surface area contributed by atoms with Crippen LogP contribution in [0.1, 0.15) is 38.9 Å². The zero-order valence-corrected chi connectivity index (χ0v) is 18.6. The lowest BCUT2D eigenvalue weighted by molar-refractivity contribution is -0.116. The Labute approximate surface area is 195 Å². The molecule has 3 heterocycles. The summed E-state index contributed by atoms with van der Waals surface area (Å²) in [5, 5.41) is 2.78. The van der Waals surface area contributed by atoms with Gasteiger partial charge >= 0.3 is 0 Å². The van der Waals surface area contributed by atoms with Crippen LogP contribution in [0.15, 0.2) is 60.9 Å². The Hall–Kier alpha value is -4.40. The van der Waals surface area contributed by atoms with Gasteiger partial charge in [0, 0.05) is 24.7 Å². The van der Waals surface area contributed by atoms with Crippen LogP contribution < -0.4 is 19.7 Å². The maximum atomic E-state index is 13.6. The van der Waals surface area contributed by atoms with Crippen LogP contribution in [0.3, 0.4) is 0 Å². The molecule has 2 aliphatic rings. The van der Waals surface area contributed by atoms with Gasteiger partial charge in [0.15, 0.2) is 11.5 Å². The average Bonchev–Trinajstić information content (AvgIpc) is 3.16. The molecular formula is C25H22N4O5. The lowest BCUT2D eigenvalue weighted by Crippen LogP contribution is -2.49. The number of nitrogens with zero attached hydrogens (tertiary/aromatic N) is 3. The van der Waals surface area contributed by atoms with Crippen molar-refractivity contribution in [3.8, 4) is 11.5 Å². The highest BCUT2D eigenvalue weighted by Crippen LogP contribution is 2.49. The Morgan fingerprint density at radius 2 is 1.85 bits per heavy atom. The number of fused-ring (bicyclic) bond motifs is 5. The number of hydrogen-bond acceptors (Lipinski definition) is 6. The molecule has 3 aromatic rings. The first-order valence-electron chi connectivity index (χ1n) is 10.7. The van der Waals surface area contributed by atoms with E-state index in [1.165, 1.54) is 14.2 Å². The fraction of sp³-hybridized carbons (Fsp3) is 0.200. The molecule has 34 heavy (non-hydrogen) atoms. The van der Waals surface area contributed by atoms with Crippen molar-refractivity contribution < 1.29 is 23.9 Å². The molecule has 0 saturated heterocycles. The van der Waals surface area contributed by atoms with E-state index in [4.69, 9.17) is 9.47 Å². The Kier molecular flexibility index (Phi) is 5.37. The lowest BCUT2D eigenvalue weighted by atomic mass is 10.0. The second-order valence-corrected chi connectivity index (χ2v) is 7.87. The Bertz CT molecular complexity index is 1290. The average molecular weight is 458 g/mol. The lowest BCUT2D eigenvalue weighted by Gasteiger charge is -2.40. The number of amides is 3. The summed E-state index contributed by atoms with van der Waals surface area (Å²) >= 11 is 0. The summed E-state index contributed by atoms with van der Waals surface area (Å²) in [7, 11) is 2.98. The number of hydrogen-bond donors (Lipinski definition) is 1. The summed E-state index contributed by atoms with van der Waals surface area (Å²) in [6.45, 7) is 0.113. The van der Waals surface area contributed by atoms with Gasteiger partial charge in [0.05, 0.1) is 42.9 Å². The van der Waals surface area contributed by atoms with Crippen molar-refractivity contribution in [3.05, 3.63) is 77.6 Å². The number of ether oxygens (including phenoxy) is 2. The largest absolute Gasteiger partial charge is 0.493 e. The van der Waals surface area contributed by atoms with Crippen molar-refractivity contribution in [2.75, 3.05) is 31.0 Å². The van der Waals surface area contributed by atoms with Crippen molar-refractivity contribution in [1.82, 2.24) is 9.88 Å². The van der Waals surface area contributed by atoms with Crippen LogP contribution in [0.25, 0.3) is 0 Å². The van der Waals surface area contributed by atoms with Crippen LogP contribution in [-0.4, -0.2) is 48.4 Å². The Morgan fingerprint density at radius 1 is 1.03 bits per heavy atom. The van der Waals surface area contributed by atoms with E-state index in [2.05, 4.69) is 10.3 Å². The number of carbonyl (C=O) groups excluding carboxylic acids is 3. The summed E-state index contributed by atoms with van der Waals surface area (Å²) in [6.07, 6.45) is 2.51. The van der Waals surface area contributed by atoms with Crippen LogP contribution in [0.5, 0.6) is 11.5 Å². The quantitative estimate of drug-likeness (QED) is 0.609. The normalized spacial score (nSPS) is 16.0. The first kappa shape index (κ1) is 21.4. The van der Waals surface area contributed by atoms with E-state index >= 15 is 0 Å². The van der Waals surface area contributed by atoms with Gasteiger partial charge in [-0.2, -0.15) is 0 Å². The van der Waals surface area contributed by atoms with E-state index in [-0.39, 0.29) is 30.7 Å². The molecule has 0 saturated carbocycles. The van der Waals surface area contributed by atoms with E-state index in [1.54, 1.807) is 70.7 Å². The maximum absolute atomic E-state index is 13.6. The van der Waals surface area contributed by atoms with Crippen molar-refractivity contribution in [2.45, 2.75) is 12.6 Å². The second kappa shape index (κ2) is 8.51. The van der Waals surface area contributed by atoms with Crippen LogP contribution in [0.4, 0.5) is 11.4 Å². The molecule has 5 rings (SSSR count). The van der Waals surface area contributed by atoms with Crippen molar-refractivity contribution in [2.24, 2.45) is 0 Å². The van der Waals surface area contributed by atoms with E-state index in [9.17, 15) is 14.4 Å². The number of benzene rings is 2. The van der Waals surface area contributed by atoms with E-state index < -0.39 is 6.17 Å². The Morgan fingerprint density at radius 3 is 2.59 bits per heavy atom. The van der Waals surface area contributed by atoms with Gasteiger partial charge in [0.25, 0.3) is 11.8 Å². The maximum Gasteiger partial charge on any atom is 0.264 e. The van der Waals surface area contributed by atoms with Crippen LogP contribution in [-0.2, 0) is 4.79 Å².